The Hall–Kier alpha value is -3.19. The minimum atomic E-state index is -0.601. The molecule has 1 atom stereocenters. The van der Waals surface area contributed by atoms with E-state index in [1.165, 1.54) is 11.1 Å². The number of benzene rings is 1. The lowest BCUT2D eigenvalue weighted by atomic mass is 10.1. The number of Topliss-reactive ketones (excluding diaryl/α,β-unsaturated/α-hetero) is 1. The molecular formula is C21H19ClN4O3. The summed E-state index contributed by atoms with van der Waals surface area (Å²) in [6, 6.07) is 12.1. The molecule has 0 bridgehead atoms. The van der Waals surface area contributed by atoms with Crippen LogP contribution in [0, 0.1) is 0 Å². The maximum atomic E-state index is 12.8. The Morgan fingerprint density at radius 2 is 1.86 bits per heavy atom. The summed E-state index contributed by atoms with van der Waals surface area (Å²) >= 11 is 5.87. The first-order chi connectivity index (χ1) is 14.0. The highest BCUT2D eigenvalue weighted by Gasteiger charge is 2.33. The van der Waals surface area contributed by atoms with Gasteiger partial charge in [0.25, 0.3) is 17.6 Å². The second-order valence-electron chi connectivity index (χ2n) is 7.03. The number of pyridine rings is 1. The normalized spacial score (nSPS) is 16.8. The summed E-state index contributed by atoms with van der Waals surface area (Å²) in [4.78, 5) is 48.5. The first-order valence-electron chi connectivity index (χ1n) is 9.29. The molecule has 1 aliphatic heterocycles. The minimum absolute atomic E-state index is 0.0730. The summed E-state index contributed by atoms with van der Waals surface area (Å²) < 4.78 is 0. The molecule has 3 heterocycles. The molecule has 0 radical (unpaired) electrons. The van der Waals surface area contributed by atoms with Gasteiger partial charge in [0.15, 0.2) is 0 Å². The van der Waals surface area contributed by atoms with Gasteiger partial charge in [0.1, 0.15) is 10.8 Å². The number of halogens is 1. The van der Waals surface area contributed by atoms with Crippen LogP contribution in [0.5, 0.6) is 0 Å². The Labute approximate surface area is 172 Å². The SMILES string of the molecule is C[C@@H]1CN(C(=O)C(=O)c2c[nH]c3nc(Cl)ccc23)CCN1C(=O)c1ccccc1. The van der Waals surface area contributed by atoms with Crippen molar-refractivity contribution in [3.63, 3.8) is 0 Å². The molecule has 0 unspecified atom stereocenters. The van der Waals surface area contributed by atoms with Crippen LogP contribution in [0.2, 0.25) is 5.15 Å². The van der Waals surface area contributed by atoms with Crippen molar-refractivity contribution < 1.29 is 14.4 Å². The van der Waals surface area contributed by atoms with Crippen LogP contribution in [0.3, 0.4) is 0 Å². The standard InChI is InChI=1S/C21H19ClN4O3/c1-13-12-25(9-10-26(13)20(28)14-5-3-2-4-6-14)21(29)18(27)16-11-23-19-15(16)7-8-17(22)24-19/h2-8,11,13H,9-10,12H2,1H3,(H,23,24)/t13-/m1/s1. The summed E-state index contributed by atoms with van der Waals surface area (Å²) in [6.07, 6.45) is 1.48. The Morgan fingerprint density at radius 3 is 2.59 bits per heavy atom. The van der Waals surface area contributed by atoms with E-state index in [1.54, 1.807) is 29.2 Å². The molecular weight excluding hydrogens is 392 g/mol. The number of rotatable bonds is 3. The molecule has 1 aliphatic rings. The van der Waals surface area contributed by atoms with Gasteiger partial charge in [-0.2, -0.15) is 0 Å². The van der Waals surface area contributed by atoms with E-state index >= 15 is 0 Å². The highest BCUT2D eigenvalue weighted by atomic mass is 35.5. The number of aromatic nitrogens is 2. The van der Waals surface area contributed by atoms with Crippen molar-refractivity contribution in [2.75, 3.05) is 19.6 Å². The molecule has 1 fully saturated rings. The van der Waals surface area contributed by atoms with E-state index in [-0.39, 0.29) is 17.5 Å². The van der Waals surface area contributed by atoms with E-state index in [2.05, 4.69) is 9.97 Å². The van der Waals surface area contributed by atoms with Crippen molar-refractivity contribution in [2.45, 2.75) is 13.0 Å². The molecule has 148 valence electrons. The van der Waals surface area contributed by atoms with Gasteiger partial charge >= 0.3 is 0 Å². The number of hydrogen-bond donors (Lipinski definition) is 1. The first kappa shape index (κ1) is 19.1. The van der Waals surface area contributed by atoms with Crippen LogP contribution in [-0.4, -0.2) is 63.0 Å². The maximum absolute atomic E-state index is 12.8. The summed E-state index contributed by atoms with van der Waals surface area (Å²) in [5.41, 5.74) is 1.34. The van der Waals surface area contributed by atoms with Crippen LogP contribution in [0.15, 0.2) is 48.7 Å². The molecule has 2 amide bonds. The van der Waals surface area contributed by atoms with E-state index in [0.717, 1.165) is 0 Å². The Kier molecular flexibility index (Phi) is 5.07. The molecule has 1 N–H and O–H groups in total. The third-order valence-electron chi connectivity index (χ3n) is 5.14. The number of nitrogens with zero attached hydrogens (tertiary/aromatic N) is 3. The Morgan fingerprint density at radius 1 is 1.10 bits per heavy atom. The van der Waals surface area contributed by atoms with Crippen LogP contribution < -0.4 is 0 Å². The molecule has 1 aromatic carbocycles. The van der Waals surface area contributed by atoms with Crippen molar-refractivity contribution in [1.29, 1.82) is 0 Å². The number of ketones is 1. The van der Waals surface area contributed by atoms with E-state index in [9.17, 15) is 14.4 Å². The smallest absolute Gasteiger partial charge is 0.295 e. The molecule has 2 aromatic heterocycles. The summed E-state index contributed by atoms with van der Waals surface area (Å²) in [7, 11) is 0. The number of amides is 2. The molecule has 8 heteroatoms. The van der Waals surface area contributed by atoms with Gasteiger partial charge in [-0.1, -0.05) is 29.8 Å². The van der Waals surface area contributed by atoms with Crippen molar-refractivity contribution in [2.24, 2.45) is 0 Å². The average molecular weight is 411 g/mol. The zero-order valence-electron chi connectivity index (χ0n) is 15.8. The number of aromatic amines is 1. The second-order valence-corrected chi connectivity index (χ2v) is 7.41. The summed E-state index contributed by atoms with van der Waals surface area (Å²) in [6.45, 7) is 2.86. The number of hydrogen-bond acceptors (Lipinski definition) is 4. The quantitative estimate of drug-likeness (QED) is 0.408. The van der Waals surface area contributed by atoms with Gasteiger partial charge in [0.2, 0.25) is 0 Å². The van der Waals surface area contributed by atoms with Gasteiger partial charge in [0.05, 0.1) is 5.56 Å². The lowest BCUT2D eigenvalue weighted by Gasteiger charge is -2.39. The third-order valence-corrected chi connectivity index (χ3v) is 5.35. The van der Waals surface area contributed by atoms with Crippen LogP contribution in [0.4, 0.5) is 0 Å². The molecule has 1 saturated heterocycles. The largest absolute Gasteiger partial charge is 0.345 e. The molecule has 3 aromatic rings. The van der Waals surface area contributed by atoms with Crippen molar-refractivity contribution in [3.05, 3.63) is 64.9 Å². The van der Waals surface area contributed by atoms with Gasteiger partial charge in [-0.3, -0.25) is 14.4 Å². The fraction of sp³-hybridized carbons (Fsp3) is 0.238. The first-order valence-corrected chi connectivity index (χ1v) is 9.66. The Bertz CT molecular complexity index is 1100. The van der Waals surface area contributed by atoms with Gasteiger partial charge in [-0.15, -0.1) is 0 Å². The van der Waals surface area contributed by atoms with E-state index in [1.807, 2.05) is 25.1 Å². The number of carbonyl (C=O) groups is 3. The van der Waals surface area contributed by atoms with E-state index in [4.69, 9.17) is 11.6 Å². The third kappa shape index (κ3) is 3.61. The number of piperazine rings is 1. The number of fused-ring (bicyclic) bond motifs is 1. The highest BCUT2D eigenvalue weighted by Crippen LogP contribution is 2.21. The lowest BCUT2D eigenvalue weighted by Crippen LogP contribution is -2.56. The molecule has 4 rings (SSSR count). The van der Waals surface area contributed by atoms with Gasteiger partial charge in [-0.05, 0) is 31.2 Å². The van der Waals surface area contributed by atoms with Crippen LogP contribution in [0.1, 0.15) is 27.6 Å². The lowest BCUT2D eigenvalue weighted by molar-refractivity contribution is -0.128. The van der Waals surface area contributed by atoms with Crippen molar-refractivity contribution in [3.8, 4) is 0 Å². The predicted molar refractivity (Wildman–Crippen MR) is 109 cm³/mol. The molecule has 29 heavy (non-hydrogen) atoms. The maximum Gasteiger partial charge on any atom is 0.295 e. The van der Waals surface area contributed by atoms with Crippen LogP contribution in [0.25, 0.3) is 11.0 Å². The average Bonchev–Trinajstić information content (AvgIpc) is 3.15. The van der Waals surface area contributed by atoms with Crippen molar-refractivity contribution in [1.82, 2.24) is 19.8 Å². The van der Waals surface area contributed by atoms with Crippen LogP contribution in [-0.2, 0) is 4.79 Å². The van der Waals surface area contributed by atoms with E-state index < -0.39 is 11.7 Å². The molecule has 0 saturated carbocycles. The van der Waals surface area contributed by atoms with E-state index in [0.29, 0.717) is 41.4 Å². The van der Waals surface area contributed by atoms with Crippen LogP contribution >= 0.6 is 11.6 Å². The highest BCUT2D eigenvalue weighted by molar-refractivity contribution is 6.44. The van der Waals surface area contributed by atoms with Crippen molar-refractivity contribution >= 4 is 40.2 Å². The number of H-pyrrole nitrogens is 1. The monoisotopic (exact) mass is 410 g/mol. The van der Waals surface area contributed by atoms with Gasteiger partial charge < -0.3 is 14.8 Å². The molecule has 0 aliphatic carbocycles. The second kappa shape index (κ2) is 7.67. The summed E-state index contributed by atoms with van der Waals surface area (Å²) in [5.74, 6) is -1.26. The fourth-order valence-corrected chi connectivity index (χ4v) is 3.77. The minimum Gasteiger partial charge on any atom is -0.345 e. The number of carbonyl (C=O) groups excluding carboxylic acids is 3. The Balaban J connectivity index is 1.48. The predicted octanol–water partition coefficient (Wildman–Crippen LogP) is 2.77. The topological polar surface area (TPSA) is 86.4 Å². The molecule has 0 spiro atoms. The zero-order chi connectivity index (χ0) is 20.5. The zero-order valence-corrected chi connectivity index (χ0v) is 16.5. The fourth-order valence-electron chi connectivity index (χ4n) is 3.62. The summed E-state index contributed by atoms with van der Waals surface area (Å²) in [5, 5.41) is 0.858. The molecule has 7 nitrogen and oxygen atoms in total. The number of nitrogens with one attached hydrogen (secondary N) is 1. The van der Waals surface area contributed by atoms with Gasteiger partial charge in [0, 0.05) is 42.8 Å². The van der Waals surface area contributed by atoms with Gasteiger partial charge in [-0.25, -0.2) is 4.98 Å².